The number of amides is 1. The summed E-state index contributed by atoms with van der Waals surface area (Å²) in [6, 6.07) is 7.31. The van der Waals surface area contributed by atoms with Gasteiger partial charge in [-0.3, -0.25) is 4.79 Å². The molecule has 1 amide bonds. The van der Waals surface area contributed by atoms with Gasteiger partial charge < -0.3 is 19.7 Å². The summed E-state index contributed by atoms with van der Waals surface area (Å²) in [4.78, 5) is 14.4. The molecule has 5 heteroatoms. The number of anilines is 1. The molecule has 5 nitrogen and oxygen atoms in total. The fourth-order valence-corrected chi connectivity index (χ4v) is 2.66. The number of benzene rings is 1. The van der Waals surface area contributed by atoms with E-state index < -0.39 is 0 Å². The van der Waals surface area contributed by atoms with Crippen LogP contribution in [0.15, 0.2) is 24.3 Å². The summed E-state index contributed by atoms with van der Waals surface area (Å²) >= 11 is 0. The Kier molecular flexibility index (Phi) is 5.07. The van der Waals surface area contributed by atoms with Gasteiger partial charge in [-0.1, -0.05) is 6.07 Å². The number of ether oxygens (including phenoxy) is 2. The van der Waals surface area contributed by atoms with E-state index in [0.717, 1.165) is 11.4 Å². The molecule has 1 N–H and O–H groups in total. The average Bonchev–Trinajstić information content (AvgIpc) is 2.45. The van der Waals surface area contributed by atoms with Crippen molar-refractivity contribution in [2.45, 2.75) is 39.0 Å². The monoisotopic (exact) mass is 292 g/mol. The Labute approximate surface area is 126 Å². The normalized spacial score (nSPS) is 23.5. The first-order valence-corrected chi connectivity index (χ1v) is 7.34. The van der Waals surface area contributed by atoms with Crippen LogP contribution in [-0.2, 0) is 9.53 Å². The number of morpholine rings is 1. The smallest absolute Gasteiger partial charge is 0.244 e. The van der Waals surface area contributed by atoms with Crippen LogP contribution in [0, 0.1) is 0 Å². The summed E-state index contributed by atoms with van der Waals surface area (Å²) in [6.07, 6.45) is 0.170. The van der Waals surface area contributed by atoms with Crippen LogP contribution in [0.5, 0.6) is 5.75 Å². The van der Waals surface area contributed by atoms with Gasteiger partial charge in [-0.25, -0.2) is 0 Å². The number of carbonyl (C=O) groups excluding carboxylic acids is 1. The molecule has 21 heavy (non-hydrogen) atoms. The summed E-state index contributed by atoms with van der Waals surface area (Å²) in [7, 11) is 1.63. The Bertz CT molecular complexity index is 482. The molecule has 1 aromatic rings. The predicted molar refractivity (Wildman–Crippen MR) is 82.7 cm³/mol. The lowest BCUT2D eigenvalue weighted by Gasteiger charge is -2.36. The first-order chi connectivity index (χ1) is 9.99. The zero-order chi connectivity index (χ0) is 15.4. The molecule has 1 heterocycles. The first kappa shape index (κ1) is 15.6. The zero-order valence-corrected chi connectivity index (χ0v) is 13.1. The van der Waals surface area contributed by atoms with Crippen LogP contribution in [0.2, 0.25) is 0 Å². The highest BCUT2D eigenvalue weighted by Crippen LogP contribution is 2.18. The molecule has 1 aromatic carbocycles. The molecule has 3 atom stereocenters. The van der Waals surface area contributed by atoms with E-state index >= 15 is 0 Å². The van der Waals surface area contributed by atoms with Gasteiger partial charge in [-0.2, -0.15) is 0 Å². The minimum atomic E-state index is -0.283. The molecule has 0 radical (unpaired) electrons. The maximum Gasteiger partial charge on any atom is 0.244 e. The van der Waals surface area contributed by atoms with Gasteiger partial charge in [-0.15, -0.1) is 0 Å². The van der Waals surface area contributed by atoms with Crippen LogP contribution in [-0.4, -0.2) is 49.3 Å². The topological polar surface area (TPSA) is 50.8 Å². The maximum absolute atomic E-state index is 12.5. The Morgan fingerprint density at radius 3 is 2.67 bits per heavy atom. The minimum absolute atomic E-state index is 0.0849. The first-order valence-electron chi connectivity index (χ1n) is 7.34. The largest absolute Gasteiger partial charge is 0.497 e. The summed E-state index contributed by atoms with van der Waals surface area (Å²) in [5.74, 6) is 0.869. The van der Waals surface area contributed by atoms with Crippen molar-refractivity contribution in [1.82, 2.24) is 4.90 Å². The second kappa shape index (κ2) is 6.80. The van der Waals surface area contributed by atoms with Gasteiger partial charge in [0.25, 0.3) is 0 Å². The molecule has 0 aliphatic carbocycles. The van der Waals surface area contributed by atoms with E-state index in [-0.39, 0.29) is 24.2 Å². The van der Waals surface area contributed by atoms with E-state index in [1.54, 1.807) is 7.11 Å². The third-order valence-corrected chi connectivity index (χ3v) is 3.55. The summed E-state index contributed by atoms with van der Waals surface area (Å²) in [5.41, 5.74) is 0.879. The van der Waals surface area contributed by atoms with Crippen molar-refractivity contribution in [3.63, 3.8) is 0 Å². The van der Waals surface area contributed by atoms with Crippen molar-refractivity contribution in [3.8, 4) is 5.75 Å². The highest BCUT2D eigenvalue weighted by atomic mass is 16.5. The number of rotatable bonds is 4. The molecular weight excluding hydrogens is 268 g/mol. The van der Waals surface area contributed by atoms with Crippen LogP contribution in [0.25, 0.3) is 0 Å². The number of methoxy groups -OCH3 is 1. The quantitative estimate of drug-likeness (QED) is 0.923. The van der Waals surface area contributed by atoms with Gasteiger partial charge >= 0.3 is 0 Å². The summed E-state index contributed by atoms with van der Waals surface area (Å²) in [6.45, 7) is 7.17. The molecule has 1 fully saturated rings. The average molecular weight is 292 g/mol. The van der Waals surface area contributed by atoms with Crippen molar-refractivity contribution in [2.24, 2.45) is 0 Å². The number of nitrogens with zero attached hydrogens (tertiary/aromatic N) is 1. The van der Waals surface area contributed by atoms with Crippen LogP contribution >= 0.6 is 0 Å². The highest BCUT2D eigenvalue weighted by molar-refractivity contribution is 5.84. The summed E-state index contributed by atoms with van der Waals surface area (Å²) in [5, 5.41) is 3.23. The van der Waals surface area contributed by atoms with Crippen molar-refractivity contribution in [1.29, 1.82) is 0 Å². The number of carbonyl (C=O) groups is 1. The van der Waals surface area contributed by atoms with Crippen molar-refractivity contribution < 1.29 is 14.3 Å². The molecule has 1 aliphatic rings. The third-order valence-electron chi connectivity index (χ3n) is 3.55. The molecule has 0 spiro atoms. The lowest BCUT2D eigenvalue weighted by molar-refractivity contribution is -0.143. The second-order valence-electron chi connectivity index (χ2n) is 5.60. The molecule has 0 unspecified atom stereocenters. The Balaban J connectivity index is 1.98. The fraction of sp³-hybridized carbons (Fsp3) is 0.562. The van der Waals surface area contributed by atoms with Gasteiger partial charge in [0, 0.05) is 24.8 Å². The van der Waals surface area contributed by atoms with Crippen LogP contribution < -0.4 is 10.1 Å². The molecule has 1 aliphatic heterocycles. The van der Waals surface area contributed by atoms with E-state index in [9.17, 15) is 4.79 Å². The van der Waals surface area contributed by atoms with Crippen molar-refractivity contribution in [2.75, 3.05) is 25.5 Å². The molecule has 0 bridgehead atoms. The standard InChI is InChI=1S/C16H24N2O3/c1-11-9-18(10-12(2)21-11)16(19)13(3)17-14-6-5-7-15(8-14)20-4/h5-8,11-13,17H,9-10H2,1-4H3/t11-,12-,13-/m1/s1. The number of hydrogen-bond donors (Lipinski definition) is 1. The Morgan fingerprint density at radius 1 is 1.38 bits per heavy atom. The third kappa shape index (κ3) is 4.11. The Hall–Kier alpha value is -1.75. The van der Waals surface area contributed by atoms with E-state index in [0.29, 0.717) is 13.1 Å². The van der Waals surface area contributed by atoms with Crippen LogP contribution in [0.1, 0.15) is 20.8 Å². The molecule has 2 rings (SSSR count). The van der Waals surface area contributed by atoms with Gasteiger partial charge in [0.15, 0.2) is 0 Å². The predicted octanol–water partition coefficient (Wildman–Crippen LogP) is 2.13. The van der Waals surface area contributed by atoms with E-state index in [4.69, 9.17) is 9.47 Å². The van der Waals surface area contributed by atoms with Crippen LogP contribution in [0.3, 0.4) is 0 Å². The minimum Gasteiger partial charge on any atom is -0.497 e. The van der Waals surface area contributed by atoms with Gasteiger partial charge in [0.2, 0.25) is 5.91 Å². The van der Waals surface area contributed by atoms with Crippen LogP contribution in [0.4, 0.5) is 5.69 Å². The Morgan fingerprint density at radius 2 is 2.05 bits per heavy atom. The van der Waals surface area contributed by atoms with E-state index in [1.165, 1.54) is 0 Å². The lowest BCUT2D eigenvalue weighted by atomic mass is 10.2. The molecule has 1 saturated heterocycles. The maximum atomic E-state index is 12.5. The lowest BCUT2D eigenvalue weighted by Crippen LogP contribution is -2.52. The zero-order valence-electron chi connectivity index (χ0n) is 13.1. The van der Waals surface area contributed by atoms with Gasteiger partial charge in [0.05, 0.1) is 19.3 Å². The number of nitrogens with one attached hydrogen (secondary N) is 1. The fourth-order valence-electron chi connectivity index (χ4n) is 2.66. The molecule has 116 valence electrons. The number of hydrogen-bond acceptors (Lipinski definition) is 4. The highest BCUT2D eigenvalue weighted by Gasteiger charge is 2.28. The van der Waals surface area contributed by atoms with Gasteiger partial charge in [0.1, 0.15) is 11.8 Å². The van der Waals surface area contributed by atoms with Gasteiger partial charge in [-0.05, 0) is 32.9 Å². The SMILES string of the molecule is COc1cccc(N[C@H](C)C(=O)N2C[C@@H](C)O[C@H](C)C2)c1. The van der Waals surface area contributed by atoms with E-state index in [2.05, 4.69) is 5.32 Å². The van der Waals surface area contributed by atoms with E-state index in [1.807, 2.05) is 49.9 Å². The molecular formula is C16H24N2O3. The van der Waals surface area contributed by atoms with Crippen molar-refractivity contribution >= 4 is 11.6 Å². The summed E-state index contributed by atoms with van der Waals surface area (Å²) < 4.78 is 10.9. The molecule has 0 aromatic heterocycles. The molecule has 0 saturated carbocycles. The van der Waals surface area contributed by atoms with Crippen molar-refractivity contribution in [3.05, 3.63) is 24.3 Å². The second-order valence-corrected chi connectivity index (χ2v) is 5.60.